The van der Waals surface area contributed by atoms with Crippen LogP contribution in [-0.2, 0) is 0 Å². The van der Waals surface area contributed by atoms with Gasteiger partial charge >= 0.3 is 0 Å². The summed E-state index contributed by atoms with van der Waals surface area (Å²) in [6, 6.07) is 0. The maximum absolute atomic E-state index is 5.71. The van der Waals surface area contributed by atoms with E-state index in [9.17, 15) is 0 Å². The second kappa shape index (κ2) is 1.72. The molecule has 1 heteroatoms. The molecule has 0 aromatic rings. The molecule has 0 spiro atoms. The summed E-state index contributed by atoms with van der Waals surface area (Å²) in [7, 11) is 0. The van der Waals surface area contributed by atoms with Gasteiger partial charge in [-0.05, 0) is 43.6 Å². The molecule has 1 nitrogen and oxygen atoms in total. The average Bonchev–Trinajstić information content (AvgIpc) is 2.47. The smallest absolute Gasteiger partial charge is 0.00179 e. The predicted molar refractivity (Wildman–Crippen MR) is 38.1 cm³/mol. The Kier molecular flexibility index (Phi) is 1.10. The average molecular weight is 125 g/mol. The van der Waals surface area contributed by atoms with Crippen LogP contribution in [0.4, 0.5) is 0 Å². The van der Waals surface area contributed by atoms with E-state index in [0.29, 0.717) is 5.41 Å². The van der Waals surface area contributed by atoms with Crippen LogP contribution in [0.5, 0.6) is 0 Å². The SMILES string of the molecule is NCC1(C2CC2)CCC1. The molecule has 0 atom stereocenters. The van der Waals surface area contributed by atoms with Gasteiger partial charge < -0.3 is 5.73 Å². The van der Waals surface area contributed by atoms with E-state index in [0.717, 1.165) is 12.5 Å². The lowest BCUT2D eigenvalue weighted by molar-refractivity contribution is 0.112. The summed E-state index contributed by atoms with van der Waals surface area (Å²) in [6.45, 7) is 0.956. The molecular weight excluding hydrogens is 110 g/mol. The van der Waals surface area contributed by atoms with Crippen molar-refractivity contribution >= 4 is 0 Å². The highest BCUT2D eigenvalue weighted by atomic mass is 14.7. The van der Waals surface area contributed by atoms with Gasteiger partial charge in [0.25, 0.3) is 0 Å². The Morgan fingerprint density at radius 1 is 1.33 bits per heavy atom. The fraction of sp³-hybridized carbons (Fsp3) is 1.00. The number of hydrogen-bond donors (Lipinski definition) is 1. The molecule has 52 valence electrons. The van der Waals surface area contributed by atoms with Crippen molar-refractivity contribution < 1.29 is 0 Å². The molecule has 0 bridgehead atoms. The lowest BCUT2D eigenvalue weighted by atomic mass is 9.65. The molecule has 2 fully saturated rings. The Bertz CT molecular complexity index is 106. The van der Waals surface area contributed by atoms with Crippen molar-refractivity contribution in [3.8, 4) is 0 Å². The molecule has 0 saturated heterocycles. The monoisotopic (exact) mass is 125 g/mol. The van der Waals surface area contributed by atoms with Gasteiger partial charge in [-0.15, -0.1) is 0 Å². The minimum atomic E-state index is 0.653. The third kappa shape index (κ3) is 0.710. The standard InChI is InChI=1S/C8H15N/c9-6-8(4-1-5-8)7-2-3-7/h7H,1-6,9H2. The van der Waals surface area contributed by atoms with E-state index in [-0.39, 0.29) is 0 Å². The van der Waals surface area contributed by atoms with Crippen LogP contribution < -0.4 is 5.73 Å². The maximum atomic E-state index is 5.71. The first-order valence-corrected chi connectivity index (χ1v) is 4.07. The third-order valence-electron chi connectivity index (χ3n) is 3.20. The number of nitrogens with two attached hydrogens (primary N) is 1. The van der Waals surface area contributed by atoms with E-state index in [2.05, 4.69) is 0 Å². The fourth-order valence-corrected chi connectivity index (χ4v) is 2.11. The van der Waals surface area contributed by atoms with Gasteiger partial charge in [0.15, 0.2) is 0 Å². The lowest BCUT2D eigenvalue weighted by Gasteiger charge is -2.41. The van der Waals surface area contributed by atoms with E-state index in [1.54, 1.807) is 0 Å². The van der Waals surface area contributed by atoms with Gasteiger partial charge in [-0.3, -0.25) is 0 Å². The Labute approximate surface area is 56.6 Å². The molecule has 2 aliphatic rings. The highest BCUT2D eigenvalue weighted by Gasteiger charge is 2.47. The first-order valence-electron chi connectivity index (χ1n) is 4.07. The summed E-state index contributed by atoms with van der Waals surface area (Å²) in [5.74, 6) is 1.04. The molecule has 2 saturated carbocycles. The van der Waals surface area contributed by atoms with Crippen molar-refractivity contribution in [1.82, 2.24) is 0 Å². The van der Waals surface area contributed by atoms with Crippen LogP contribution in [0.25, 0.3) is 0 Å². The maximum Gasteiger partial charge on any atom is -0.00179 e. The topological polar surface area (TPSA) is 26.0 Å². The predicted octanol–water partition coefficient (Wildman–Crippen LogP) is 1.53. The van der Waals surface area contributed by atoms with Gasteiger partial charge in [0, 0.05) is 0 Å². The summed E-state index contributed by atoms with van der Waals surface area (Å²) in [5, 5.41) is 0. The van der Waals surface area contributed by atoms with Crippen LogP contribution in [0.15, 0.2) is 0 Å². The Hall–Kier alpha value is -0.0400. The van der Waals surface area contributed by atoms with Gasteiger partial charge in [-0.2, -0.15) is 0 Å². The summed E-state index contributed by atoms with van der Waals surface area (Å²) >= 11 is 0. The minimum absolute atomic E-state index is 0.653. The van der Waals surface area contributed by atoms with Crippen molar-refractivity contribution in [2.45, 2.75) is 32.1 Å². The van der Waals surface area contributed by atoms with Gasteiger partial charge in [0.05, 0.1) is 0 Å². The fourth-order valence-electron chi connectivity index (χ4n) is 2.11. The zero-order chi connectivity index (χ0) is 6.32. The van der Waals surface area contributed by atoms with E-state index < -0.39 is 0 Å². The molecular formula is C8H15N. The first-order chi connectivity index (χ1) is 4.37. The molecule has 2 aliphatic carbocycles. The zero-order valence-electron chi connectivity index (χ0n) is 5.90. The molecule has 0 radical (unpaired) electrons. The summed E-state index contributed by atoms with van der Waals surface area (Å²) < 4.78 is 0. The Morgan fingerprint density at radius 3 is 2.11 bits per heavy atom. The molecule has 0 amide bonds. The molecule has 2 rings (SSSR count). The van der Waals surface area contributed by atoms with Crippen molar-refractivity contribution in [2.24, 2.45) is 17.1 Å². The largest absolute Gasteiger partial charge is 0.330 e. The molecule has 2 N–H and O–H groups in total. The van der Waals surface area contributed by atoms with Crippen molar-refractivity contribution in [3.63, 3.8) is 0 Å². The van der Waals surface area contributed by atoms with Crippen molar-refractivity contribution in [1.29, 1.82) is 0 Å². The van der Waals surface area contributed by atoms with Crippen LogP contribution in [-0.4, -0.2) is 6.54 Å². The number of rotatable bonds is 2. The molecule has 0 aromatic heterocycles. The molecule has 0 heterocycles. The zero-order valence-corrected chi connectivity index (χ0v) is 5.90. The minimum Gasteiger partial charge on any atom is -0.330 e. The number of hydrogen-bond acceptors (Lipinski definition) is 1. The highest BCUT2D eigenvalue weighted by molar-refractivity contribution is 4.99. The van der Waals surface area contributed by atoms with Crippen LogP contribution in [0, 0.1) is 11.3 Å². The Balaban J connectivity index is 1.99. The molecule has 9 heavy (non-hydrogen) atoms. The van der Waals surface area contributed by atoms with Gasteiger partial charge in [-0.1, -0.05) is 6.42 Å². The normalized spacial score (nSPS) is 31.7. The molecule has 0 aliphatic heterocycles. The van der Waals surface area contributed by atoms with Crippen molar-refractivity contribution in [3.05, 3.63) is 0 Å². The van der Waals surface area contributed by atoms with Crippen LogP contribution in [0.3, 0.4) is 0 Å². The van der Waals surface area contributed by atoms with Crippen LogP contribution in [0.2, 0.25) is 0 Å². The van der Waals surface area contributed by atoms with Gasteiger partial charge in [-0.25, -0.2) is 0 Å². The molecule has 0 unspecified atom stereocenters. The molecule has 0 aromatic carbocycles. The first kappa shape index (κ1) is 5.72. The highest BCUT2D eigenvalue weighted by Crippen LogP contribution is 2.56. The Morgan fingerprint density at radius 2 is 2.00 bits per heavy atom. The van der Waals surface area contributed by atoms with E-state index in [1.807, 2.05) is 0 Å². The van der Waals surface area contributed by atoms with Crippen LogP contribution in [0.1, 0.15) is 32.1 Å². The second-order valence-electron chi connectivity index (χ2n) is 3.69. The van der Waals surface area contributed by atoms with E-state index in [1.165, 1.54) is 32.1 Å². The van der Waals surface area contributed by atoms with Gasteiger partial charge in [0.2, 0.25) is 0 Å². The quantitative estimate of drug-likeness (QED) is 0.595. The second-order valence-corrected chi connectivity index (χ2v) is 3.69. The summed E-state index contributed by atoms with van der Waals surface area (Å²) in [6.07, 6.45) is 7.23. The van der Waals surface area contributed by atoms with E-state index >= 15 is 0 Å². The van der Waals surface area contributed by atoms with Gasteiger partial charge in [0.1, 0.15) is 0 Å². The van der Waals surface area contributed by atoms with E-state index in [4.69, 9.17) is 5.73 Å². The summed E-state index contributed by atoms with van der Waals surface area (Å²) in [4.78, 5) is 0. The van der Waals surface area contributed by atoms with Crippen molar-refractivity contribution in [2.75, 3.05) is 6.54 Å². The van der Waals surface area contributed by atoms with Crippen LogP contribution >= 0.6 is 0 Å². The summed E-state index contributed by atoms with van der Waals surface area (Å²) in [5.41, 5.74) is 6.36. The lowest BCUT2D eigenvalue weighted by Crippen LogP contribution is -2.39. The third-order valence-corrected chi connectivity index (χ3v) is 3.20.